The second kappa shape index (κ2) is 3.86. The van der Waals surface area contributed by atoms with Gasteiger partial charge in [-0.15, -0.1) is 11.3 Å². The van der Waals surface area contributed by atoms with E-state index >= 15 is 0 Å². The summed E-state index contributed by atoms with van der Waals surface area (Å²) in [5.41, 5.74) is 1.97. The Morgan fingerprint density at radius 2 is 2.33 bits per heavy atom. The Hall–Kier alpha value is -0.430. The third-order valence-electron chi connectivity index (χ3n) is 2.70. The topological polar surface area (TPSA) is 69.4 Å². The van der Waals surface area contributed by atoms with Crippen LogP contribution in [-0.4, -0.2) is 21.6 Å². The average molecular weight is 247 g/mol. The lowest BCUT2D eigenvalue weighted by Gasteiger charge is -2.21. The van der Waals surface area contributed by atoms with Crippen molar-refractivity contribution in [1.29, 1.82) is 0 Å². The van der Waals surface area contributed by atoms with Gasteiger partial charge in [-0.3, -0.25) is 0 Å². The Morgan fingerprint density at radius 1 is 1.60 bits per heavy atom. The molecule has 0 radical (unpaired) electrons. The van der Waals surface area contributed by atoms with E-state index in [0.717, 1.165) is 30.4 Å². The van der Waals surface area contributed by atoms with E-state index in [1.165, 1.54) is 11.3 Å². The molecule has 0 saturated heterocycles. The first-order valence-electron chi connectivity index (χ1n) is 4.67. The van der Waals surface area contributed by atoms with Gasteiger partial charge in [0, 0.05) is 7.11 Å². The Bertz CT molecular complexity index is 464. The number of hydrogen-bond donors (Lipinski definition) is 1. The van der Waals surface area contributed by atoms with Crippen LogP contribution in [0.25, 0.3) is 0 Å². The van der Waals surface area contributed by atoms with Crippen LogP contribution in [0, 0.1) is 0 Å². The summed E-state index contributed by atoms with van der Waals surface area (Å²) in [4.78, 5) is 0. The maximum Gasteiger partial charge on any atom is 0.247 e. The molecule has 1 heterocycles. The molecule has 1 aliphatic carbocycles. The fraction of sp³-hybridized carbons (Fsp3) is 0.556. The van der Waals surface area contributed by atoms with Gasteiger partial charge >= 0.3 is 0 Å². The fourth-order valence-electron chi connectivity index (χ4n) is 1.92. The molecule has 1 aromatic rings. The smallest absolute Gasteiger partial charge is 0.247 e. The fourth-order valence-corrected chi connectivity index (χ4v) is 4.05. The summed E-state index contributed by atoms with van der Waals surface area (Å²) < 4.78 is 28.1. The zero-order valence-corrected chi connectivity index (χ0v) is 10.0. The summed E-state index contributed by atoms with van der Waals surface area (Å²) in [6.07, 6.45) is 2.60. The molecule has 1 atom stereocenters. The maximum atomic E-state index is 11.3. The van der Waals surface area contributed by atoms with Crippen molar-refractivity contribution in [2.24, 2.45) is 5.14 Å². The minimum absolute atomic E-state index is 0.209. The molecule has 4 nitrogen and oxygen atoms in total. The van der Waals surface area contributed by atoms with Gasteiger partial charge in [-0.1, -0.05) is 0 Å². The molecule has 0 spiro atoms. The number of methoxy groups -OCH3 is 1. The molecule has 2 rings (SSSR count). The van der Waals surface area contributed by atoms with Crippen molar-refractivity contribution in [1.82, 2.24) is 0 Å². The minimum atomic E-state index is -3.55. The molecule has 0 aromatic carbocycles. The quantitative estimate of drug-likeness (QED) is 0.844. The number of primary sulfonamides is 1. The Balaban J connectivity index is 2.38. The number of rotatable bonds is 2. The van der Waals surface area contributed by atoms with Crippen LogP contribution in [0.2, 0.25) is 0 Å². The van der Waals surface area contributed by atoms with Crippen LogP contribution in [0.3, 0.4) is 0 Å². The van der Waals surface area contributed by atoms with E-state index in [1.54, 1.807) is 7.11 Å². The van der Waals surface area contributed by atoms with Crippen LogP contribution in [0.15, 0.2) is 9.59 Å². The lowest BCUT2D eigenvalue weighted by molar-refractivity contribution is 0.0910. The molecule has 0 amide bonds. The normalized spacial score (nSPS) is 21.3. The summed E-state index contributed by atoms with van der Waals surface area (Å²) in [7, 11) is -1.86. The highest BCUT2D eigenvalue weighted by atomic mass is 32.2. The highest BCUT2D eigenvalue weighted by Gasteiger charge is 2.26. The maximum absolute atomic E-state index is 11.3. The molecule has 1 aliphatic rings. The number of fused-ring (bicyclic) bond motifs is 1. The molecule has 1 unspecified atom stereocenters. The first-order valence-corrected chi connectivity index (χ1v) is 7.10. The Labute approximate surface area is 93.1 Å². The van der Waals surface area contributed by atoms with E-state index in [-0.39, 0.29) is 6.10 Å². The van der Waals surface area contributed by atoms with Gasteiger partial charge in [0.1, 0.15) is 4.21 Å². The molecular weight excluding hydrogens is 234 g/mol. The molecule has 1 aromatic heterocycles. The van der Waals surface area contributed by atoms with Crippen molar-refractivity contribution in [2.45, 2.75) is 29.6 Å². The second-order valence-electron chi connectivity index (χ2n) is 3.67. The molecule has 2 N–H and O–H groups in total. The SMILES string of the molecule is COC1CCc2c(csc2S(N)(=O)=O)C1. The summed E-state index contributed by atoms with van der Waals surface area (Å²) >= 11 is 1.22. The van der Waals surface area contributed by atoms with Crippen LogP contribution in [0.4, 0.5) is 0 Å². The van der Waals surface area contributed by atoms with Crippen LogP contribution in [0.5, 0.6) is 0 Å². The summed E-state index contributed by atoms with van der Waals surface area (Å²) in [5.74, 6) is 0. The van der Waals surface area contributed by atoms with Crippen LogP contribution >= 0.6 is 11.3 Å². The molecular formula is C9H13NO3S2. The van der Waals surface area contributed by atoms with Crippen molar-refractivity contribution < 1.29 is 13.2 Å². The van der Waals surface area contributed by atoms with Gasteiger partial charge in [-0.05, 0) is 35.8 Å². The number of thiophene rings is 1. The van der Waals surface area contributed by atoms with E-state index in [2.05, 4.69) is 0 Å². The summed E-state index contributed by atoms with van der Waals surface area (Å²) in [6, 6.07) is 0. The van der Waals surface area contributed by atoms with Gasteiger partial charge in [0.05, 0.1) is 6.10 Å². The van der Waals surface area contributed by atoms with E-state index in [0.29, 0.717) is 4.21 Å². The lowest BCUT2D eigenvalue weighted by Crippen LogP contribution is -2.22. The van der Waals surface area contributed by atoms with E-state index in [1.807, 2.05) is 5.38 Å². The predicted molar refractivity (Wildman–Crippen MR) is 58.5 cm³/mol. The Morgan fingerprint density at radius 3 is 2.93 bits per heavy atom. The summed E-state index contributed by atoms with van der Waals surface area (Å²) in [6.45, 7) is 0. The molecule has 0 aliphatic heterocycles. The monoisotopic (exact) mass is 247 g/mol. The summed E-state index contributed by atoms with van der Waals surface area (Å²) in [5, 5.41) is 7.02. The molecule has 0 bridgehead atoms. The van der Waals surface area contributed by atoms with E-state index in [9.17, 15) is 8.42 Å². The first kappa shape index (κ1) is 11.1. The van der Waals surface area contributed by atoms with Crippen molar-refractivity contribution in [3.05, 3.63) is 16.5 Å². The minimum Gasteiger partial charge on any atom is -0.381 e. The second-order valence-corrected chi connectivity index (χ2v) is 6.31. The van der Waals surface area contributed by atoms with Gasteiger partial charge < -0.3 is 4.74 Å². The van der Waals surface area contributed by atoms with Gasteiger partial charge in [0.2, 0.25) is 10.0 Å². The lowest BCUT2D eigenvalue weighted by atomic mass is 9.93. The van der Waals surface area contributed by atoms with Gasteiger partial charge in [-0.2, -0.15) is 0 Å². The largest absolute Gasteiger partial charge is 0.381 e. The van der Waals surface area contributed by atoms with E-state index in [4.69, 9.17) is 9.88 Å². The van der Waals surface area contributed by atoms with Crippen molar-refractivity contribution in [3.8, 4) is 0 Å². The first-order chi connectivity index (χ1) is 7.02. The Kier molecular flexibility index (Phi) is 2.85. The number of ether oxygens (including phenoxy) is 1. The number of nitrogens with two attached hydrogens (primary N) is 1. The number of sulfonamides is 1. The van der Waals surface area contributed by atoms with Crippen molar-refractivity contribution in [3.63, 3.8) is 0 Å². The molecule has 15 heavy (non-hydrogen) atoms. The zero-order valence-electron chi connectivity index (χ0n) is 8.39. The van der Waals surface area contributed by atoms with Crippen LogP contribution in [0.1, 0.15) is 17.5 Å². The predicted octanol–water partition coefficient (Wildman–Crippen LogP) is 0.899. The molecule has 0 fully saturated rings. The molecule has 0 saturated carbocycles. The highest BCUT2D eigenvalue weighted by molar-refractivity contribution is 7.91. The zero-order chi connectivity index (χ0) is 11.1. The van der Waals surface area contributed by atoms with Crippen molar-refractivity contribution in [2.75, 3.05) is 7.11 Å². The standard InChI is InChI=1S/C9H13NO3S2/c1-13-7-2-3-8-6(4-7)5-14-9(8)15(10,11)12/h5,7H,2-4H2,1H3,(H2,10,11,12). The molecule has 6 heteroatoms. The highest BCUT2D eigenvalue weighted by Crippen LogP contribution is 2.32. The number of hydrogen-bond acceptors (Lipinski definition) is 4. The molecule has 84 valence electrons. The van der Waals surface area contributed by atoms with Gasteiger partial charge in [-0.25, -0.2) is 13.6 Å². The van der Waals surface area contributed by atoms with Gasteiger partial charge in [0.15, 0.2) is 0 Å². The van der Waals surface area contributed by atoms with Crippen LogP contribution in [-0.2, 0) is 27.6 Å². The van der Waals surface area contributed by atoms with Crippen molar-refractivity contribution >= 4 is 21.4 Å². The third-order valence-corrected chi connectivity index (χ3v) is 5.31. The van der Waals surface area contributed by atoms with E-state index < -0.39 is 10.0 Å². The average Bonchev–Trinajstić information content (AvgIpc) is 2.59. The van der Waals surface area contributed by atoms with Gasteiger partial charge in [0.25, 0.3) is 0 Å². The van der Waals surface area contributed by atoms with Crippen LogP contribution < -0.4 is 5.14 Å². The third kappa shape index (κ3) is 2.08.